The van der Waals surface area contributed by atoms with Crippen LogP contribution < -0.4 is 0 Å². The van der Waals surface area contributed by atoms with E-state index >= 15 is 0 Å². The van der Waals surface area contributed by atoms with Crippen LogP contribution >= 0.6 is 0 Å². The second-order valence-electron chi connectivity index (χ2n) is 6.16. The fourth-order valence-corrected chi connectivity index (χ4v) is 3.61. The predicted octanol–water partition coefficient (Wildman–Crippen LogP) is 1.44. The molecule has 0 spiro atoms. The van der Waals surface area contributed by atoms with Gasteiger partial charge in [0.25, 0.3) is 5.91 Å². The van der Waals surface area contributed by atoms with E-state index in [0.717, 1.165) is 11.3 Å². The van der Waals surface area contributed by atoms with Crippen LogP contribution in [0.2, 0.25) is 0 Å². The van der Waals surface area contributed by atoms with Gasteiger partial charge in [-0.25, -0.2) is 4.79 Å². The van der Waals surface area contributed by atoms with Crippen molar-refractivity contribution in [2.24, 2.45) is 0 Å². The van der Waals surface area contributed by atoms with E-state index in [2.05, 4.69) is 4.98 Å². The molecule has 1 aromatic rings. The van der Waals surface area contributed by atoms with Crippen LogP contribution in [0, 0.1) is 13.8 Å². The Bertz CT molecular complexity index is 712. The van der Waals surface area contributed by atoms with Gasteiger partial charge in [0, 0.05) is 17.8 Å². The van der Waals surface area contributed by atoms with Gasteiger partial charge in [0.2, 0.25) is 0 Å². The number of aryl methyl sites for hydroxylation is 1. The van der Waals surface area contributed by atoms with Crippen molar-refractivity contribution in [3.8, 4) is 0 Å². The van der Waals surface area contributed by atoms with Crippen LogP contribution in [0.1, 0.15) is 51.9 Å². The number of imide groups is 1. The zero-order chi connectivity index (χ0) is 16.9. The maximum atomic E-state index is 12.5. The lowest BCUT2D eigenvalue weighted by Gasteiger charge is -2.14. The Morgan fingerprint density at radius 2 is 1.96 bits per heavy atom. The predicted molar refractivity (Wildman–Crippen MR) is 81.4 cm³/mol. The van der Waals surface area contributed by atoms with E-state index < -0.39 is 12.1 Å². The molecule has 3 amide bonds. The number of ketones is 2. The molecule has 1 aromatic heterocycles. The summed E-state index contributed by atoms with van der Waals surface area (Å²) in [5, 5.41) is 0. The smallest absolute Gasteiger partial charge is 0.327 e. The molecule has 122 valence electrons. The zero-order valence-corrected chi connectivity index (χ0v) is 13.4. The van der Waals surface area contributed by atoms with Crippen molar-refractivity contribution in [1.29, 1.82) is 0 Å². The molecule has 0 aromatic carbocycles. The quantitative estimate of drug-likeness (QED) is 0.672. The number of rotatable bonds is 4. The average molecular weight is 317 g/mol. The number of nitrogens with one attached hydrogen (secondary N) is 1. The van der Waals surface area contributed by atoms with Gasteiger partial charge in [-0.1, -0.05) is 0 Å². The Kier molecular flexibility index (Phi) is 3.58. The summed E-state index contributed by atoms with van der Waals surface area (Å²) < 4.78 is 0. The highest BCUT2D eigenvalue weighted by atomic mass is 16.2. The summed E-state index contributed by atoms with van der Waals surface area (Å²) in [6.45, 7) is 5.14. The van der Waals surface area contributed by atoms with Gasteiger partial charge in [-0.3, -0.25) is 19.3 Å². The molecular weight excluding hydrogens is 298 g/mol. The van der Waals surface area contributed by atoms with Gasteiger partial charge in [0.1, 0.15) is 6.04 Å². The molecule has 3 heterocycles. The second-order valence-corrected chi connectivity index (χ2v) is 6.16. The molecule has 0 bridgehead atoms. The molecule has 3 rings (SSSR count). The number of urea groups is 1. The SMILES string of the molecule is CC(=O)c1c(C)[nH]c(C(=O)CN2C(=O)C3CCCN3C2=O)c1C. The molecular formula is C16H19N3O4. The van der Waals surface area contributed by atoms with Crippen molar-refractivity contribution < 1.29 is 19.2 Å². The summed E-state index contributed by atoms with van der Waals surface area (Å²) in [5.41, 5.74) is 1.98. The Labute approximate surface area is 133 Å². The molecule has 1 atom stereocenters. The molecule has 2 aliphatic heterocycles. The molecule has 7 heteroatoms. The molecule has 2 aliphatic rings. The Morgan fingerprint density at radius 1 is 1.26 bits per heavy atom. The lowest BCUT2D eigenvalue weighted by atomic mass is 10.1. The Morgan fingerprint density at radius 3 is 2.52 bits per heavy atom. The number of amides is 3. The first-order chi connectivity index (χ1) is 10.8. The highest BCUT2D eigenvalue weighted by Crippen LogP contribution is 2.28. The summed E-state index contributed by atoms with van der Waals surface area (Å²) in [5.74, 6) is -0.779. The summed E-state index contributed by atoms with van der Waals surface area (Å²) in [7, 11) is 0. The summed E-state index contributed by atoms with van der Waals surface area (Å²) >= 11 is 0. The van der Waals surface area contributed by atoms with Crippen LogP contribution in [0.15, 0.2) is 0 Å². The summed E-state index contributed by atoms with van der Waals surface area (Å²) in [4.78, 5) is 54.2. The van der Waals surface area contributed by atoms with Crippen molar-refractivity contribution >= 4 is 23.5 Å². The lowest BCUT2D eigenvalue weighted by Crippen LogP contribution is -2.37. The number of aromatic nitrogens is 1. The topological polar surface area (TPSA) is 90.6 Å². The zero-order valence-electron chi connectivity index (χ0n) is 13.4. The molecule has 1 unspecified atom stereocenters. The van der Waals surface area contributed by atoms with E-state index in [0.29, 0.717) is 35.5 Å². The van der Waals surface area contributed by atoms with E-state index in [1.807, 2.05) is 0 Å². The van der Waals surface area contributed by atoms with Crippen LogP contribution in [-0.4, -0.2) is 57.4 Å². The number of aromatic amines is 1. The van der Waals surface area contributed by atoms with Crippen molar-refractivity contribution in [3.63, 3.8) is 0 Å². The third-order valence-corrected chi connectivity index (χ3v) is 4.65. The third kappa shape index (κ3) is 2.27. The molecule has 0 saturated carbocycles. The molecule has 0 aliphatic carbocycles. The van der Waals surface area contributed by atoms with Crippen LogP contribution in [0.3, 0.4) is 0 Å². The number of hydrogen-bond acceptors (Lipinski definition) is 4. The summed E-state index contributed by atoms with van der Waals surface area (Å²) in [6, 6.07) is -0.798. The fourth-order valence-electron chi connectivity index (χ4n) is 3.61. The monoisotopic (exact) mass is 317 g/mol. The first kappa shape index (κ1) is 15.5. The number of Topliss-reactive ketones (excluding diaryl/α,β-unsaturated/α-hetero) is 2. The largest absolute Gasteiger partial charge is 0.355 e. The highest BCUT2D eigenvalue weighted by Gasteiger charge is 2.47. The lowest BCUT2D eigenvalue weighted by molar-refractivity contribution is -0.127. The van der Waals surface area contributed by atoms with Gasteiger partial charge < -0.3 is 9.88 Å². The second kappa shape index (κ2) is 5.33. The van der Waals surface area contributed by atoms with Gasteiger partial charge in [-0.15, -0.1) is 0 Å². The molecule has 2 fully saturated rings. The minimum Gasteiger partial charge on any atom is -0.355 e. The first-order valence-corrected chi connectivity index (χ1v) is 7.68. The van der Waals surface area contributed by atoms with Crippen molar-refractivity contribution in [3.05, 3.63) is 22.5 Å². The number of hydrogen-bond donors (Lipinski definition) is 1. The average Bonchev–Trinajstić information content (AvgIpc) is 3.12. The van der Waals surface area contributed by atoms with Gasteiger partial charge in [-0.2, -0.15) is 0 Å². The van der Waals surface area contributed by atoms with Crippen LogP contribution in [0.4, 0.5) is 4.79 Å². The van der Waals surface area contributed by atoms with Gasteiger partial charge in [0.05, 0.1) is 12.2 Å². The number of carbonyl (C=O) groups is 4. The Balaban J connectivity index is 1.83. The first-order valence-electron chi connectivity index (χ1n) is 7.68. The number of H-pyrrole nitrogens is 1. The number of carbonyl (C=O) groups excluding carboxylic acids is 4. The van der Waals surface area contributed by atoms with Gasteiger partial charge in [-0.05, 0) is 39.2 Å². The maximum Gasteiger partial charge on any atom is 0.327 e. The fraction of sp³-hybridized carbons (Fsp3) is 0.500. The van der Waals surface area contributed by atoms with Crippen LogP contribution in [0.5, 0.6) is 0 Å². The van der Waals surface area contributed by atoms with Crippen molar-refractivity contribution in [2.45, 2.75) is 39.7 Å². The normalized spacial score (nSPS) is 20.4. The van der Waals surface area contributed by atoms with E-state index in [1.54, 1.807) is 13.8 Å². The molecule has 7 nitrogen and oxygen atoms in total. The standard InChI is InChI=1S/C16H19N3O4/c1-8-13(10(3)20)9(2)17-14(8)12(21)7-19-15(22)11-5-4-6-18(11)16(19)23/h11,17H,4-7H2,1-3H3. The van der Waals surface area contributed by atoms with E-state index in [9.17, 15) is 19.2 Å². The molecule has 23 heavy (non-hydrogen) atoms. The Hall–Kier alpha value is -2.44. The van der Waals surface area contributed by atoms with Crippen LogP contribution in [0.25, 0.3) is 0 Å². The number of fused-ring (bicyclic) bond motifs is 1. The van der Waals surface area contributed by atoms with Crippen molar-refractivity contribution in [1.82, 2.24) is 14.8 Å². The minimum absolute atomic E-state index is 0.121. The maximum absolute atomic E-state index is 12.5. The van der Waals surface area contributed by atoms with E-state index in [-0.39, 0.29) is 24.0 Å². The molecule has 2 saturated heterocycles. The van der Waals surface area contributed by atoms with Gasteiger partial charge >= 0.3 is 6.03 Å². The molecule has 1 N–H and O–H groups in total. The van der Waals surface area contributed by atoms with E-state index in [4.69, 9.17) is 0 Å². The molecule has 0 radical (unpaired) electrons. The van der Waals surface area contributed by atoms with E-state index in [1.165, 1.54) is 11.8 Å². The van der Waals surface area contributed by atoms with Crippen LogP contribution in [-0.2, 0) is 4.79 Å². The van der Waals surface area contributed by atoms with Gasteiger partial charge in [0.15, 0.2) is 11.6 Å². The number of nitrogens with zero attached hydrogens (tertiary/aromatic N) is 2. The highest BCUT2D eigenvalue weighted by molar-refractivity contribution is 6.10. The summed E-state index contributed by atoms with van der Waals surface area (Å²) in [6.07, 6.45) is 1.48. The van der Waals surface area contributed by atoms with Crippen molar-refractivity contribution in [2.75, 3.05) is 13.1 Å². The third-order valence-electron chi connectivity index (χ3n) is 4.65. The minimum atomic E-state index is -0.408.